The van der Waals surface area contributed by atoms with Crippen LogP contribution in [0.5, 0.6) is 5.75 Å². The number of aliphatic hydroxyl groups is 1. The first-order chi connectivity index (χ1) is 16.8. The van der Waals surface area contributed by atoms with Crippen molar-refractivity contribution in [2.75, 3.05) is 12.3 Å². The van der Waals surface area contributed by atoms with Gasteiger partial charge in [0.05, 0.1) is 18.2 Å². The number of nitrogens with one attached hydrogen (secondary N) is 1. The number of carbonyl (C=O) groups excluding carboxylic acids is 1. The van der Waals surface area contributed by atoms with Crippen molar-refractivity contribution in [1.29, 1.82) is 0 Å². The number of aliphatic hydroxyl groups excluding tert-OH is 1. The Morgan fingerprint density at radius 1 is 1.31 bits per heavy atom. The average Bonchev–Trinajstić information content (AvgIpc) is 3.01. The van der Waals surface area contributed by atoms with Gasteiger partial charge >= 0.3 is 19.4 Å². The Labute approximate surface area is 208 Å². The van der Waals surface area contributed by atoms with Crippen LogP contribution in [0.2, 0.25) is 0 Å². The molecule has 6 atom stereocenters. The minimum absolute atomic E-state index is 0.0172. The van der Waals surface area contributed by atoms with Crippen LogP contribution in [0.15, 0.2) is 47.4 Å². The number of aromatic nitrogens is 2. The van der Waals surface area contributed by atoms with Crippen LogP contribution in [0.25, 0.3) is 0 Å². The van der Waals surface area contributed by atoms with Crippen molar-refractivity contribution in [3.05, 3.63) is 53.1 Å². The van der Waals surface area contributed by atoms with Crippen LogP contribution in [0, 0.1) is 0 Å². The Hall–Kier alpha value is -2.80. The number of ether oxygens (including phenoxy) is 2. The molecule has 0 amide bonds. The molecule has 36 heavy (non-hydrogen) atoms. The molecular weight excluding hydrogens is 493 g/mol. The van der Waals surface area contributed by atoms with Gasteiger partial charge in [-0.05, 0) is 45.9 Å². The molecule has 1 saturated heterocycles. The van der Waals surface area contributed by atoms with Crippen LogP contribution in [-0.4, -0.2) is 57.1 Å². The van der Waals surface area contributed by atoms with Crippen molar-refractivity contribution < 1.29 is 33.0 Å². The van der Waals surface area contributed by atoms with E-state index < -0.39 is 56.0 Å². The third kappa shape index (κ3) is 6.49. The normalized spacial score (nSPS) is 26.4. The van der Waals surface area contributed by atoms with E-state index in [0.717, 1.165) is 4.57 Å². The summed E-state index contributed by atoms with van der Waals surface area (Å²) in [5.41, 5.74) is 9.68. The van der Waals surface area contributed by atoms with Gasteiger partial charge in [0.1, 0.15) is 29.8 Å². The van der Waals surface area contributed by atoms with Gasteiger partial charge in [0.2, 0.25) is 0 Å². The quantitative estimate of drug-likeness (QED) is 0.254. The first-order valence-corrected chi connectivity index (χ1v) is 12.8. The highest BCUT2D eigenvalue weighted by atomic mass is 31.2. The Kier molecular flexibility index (Phi) is 8.55. The van der Waals surface area contributed by atoms with E-state index in [-0.39, 0.29) is 17.7 Å². The summed E-state index contributed by atoms with van der Waals surface area (Å²) in [7, 11) is -4.20. The smallest absolute Gasteiger partial charge is 0.459 e. The van der Waals surface area contributed by atoms with E-state index >= 15 is 0 Å². The number of benzene rings is 1. The molecule has 14 heteroatoms. The lowest BCUT2D eigenvalue weighted by atomic mass is 9.93. The molecule has 1 aliphatic rings. The third-order valence-electron chi connectivity index (χ3n) is 5.36. The fourth-order valence-electron chi connectivity index (χ4n) is 3.54. The Balaban J connectivity index is 1.79. The van der Waals surface area contributed by atoms with Gasteiger partial charge in [0.15, 0.2) is 6.23 Å². The summed E-state index contributed by atoms with van der Waals surface area (Å²) in [5.74, 6) is -0.428. The monoisotopic (exact) mass is 525 g/mol. The summed E-state index contributed by atoms with van der Waals surface area (Å²) in [6.07, 6.45) is -2.60. The van der Waals surface area contributed by atoms with Crippen molar-refractivity contribution in [3.8, 4) is 5.75 Å². The lowest BCUT2D eigenvalue weighted by Crippen LogP contribution is -2.53. The molecule has 2 aromatic rings. The predicted octanol–water partition coefficient (Wildman–Crippen LogP) is 0.935. The number of para-hydroxylation sites is 1. The first kappa shape index (κ1) is 27.8. The Morgan fingerprint density at radius 3 is 2.58 bits per heavy atom. The molecule has 2 heterocycles. The molecule has 6 N–H and O–H groups in total. The average molecular weight is 525 g/mol. The fraction of sp³-hybridized carbons (Fsp3) is 0.500. The second-order valence-electron chi connectivity index (χ2n) is 8.91. The van der Waals surface area contributed by atoms with Gasteiger partial charge in [0, 0.05) is 6.20 Å². The van der Waals surface area contributed by atoms with Crippen molar-refractivity contribution in [2.45, 2.75) is 63.8 Å². The number of nitrogens with two attached hydrogens (primary N) is 2. The molecule has 13 nitrogen and oxygen atoms in total. The molecule has 198 valence electrons. The Bertz CT molecular complexity index is 1160. The molecule has 4 unspecified atom stereocenters. The SMILES string of the molecule is CC(C)OC(=O)C(C)NP(=O)(OCC1OC(n2ccc(N)nc2=O)[C@](C)(N)[C@@H]1O)Oc1ccccc1. The zero-order chi connectivity index (χ0) is 26.7. The fourth-order valence-corrected chi connectivity index (χ4v) is 5.04. The van der Waals surface area contributed by atoms with Gasteiger partial charge in [-0.3, -0.25) is 13.9 Å². The molecule has 0 bridgehead atoms. The van der Waals surface area contributed by atoms with Crippen LogP contribution in [0.1, 0.15) is 33.9 Å². The molecular formula is C22H32N5O8P. The van der Waals surface area contributed by atoms with Gasteiger partial charge < -0.3 is 30.6 Å². The van der Waals surface area contributed by atoms with Gasteiger partial charge in [-0.15, -0.1) is 0 Å². The maximum atomic E-state index is 13.6. The molecule has 1 aliphatic heterocycles. The number of rotatable bonds is 10. The highest BCUT2D eigenvalue weighted by Gasteiger charge is 2.52. The van der Waals surface area contributed by atoms with Crippen LogP contribution >= 0.6 is 7.75 Å². The summed E-state index contributed by atoms with van der Waals surface area (Å²) < 4.78 is 36.9. The van der Waals surface area contributed by atoms with E-state index in [4.69, 9.17) is 30.0 Å². The minimum atomic E-state index is -4.20. The first-order valence-electron chi connectivity index (χ1n) is 11.3. The molecule has 1 fully saturated rings. The second-order valence-corrected chi connectivity index (χ2v) is 10.6. The summed E-state index contributed by atoms with van der Waals surface area (Å²) in [6.45, 7) is 5.85. The molecule has 0 aliphatic carbocycles. The van der Waals surface area contributed by atoms with Gasteiger partial charge in [-0.2, -0.15) is 10.1 Å². The van der Waals surface area contributed by atoms with Crippen molar-refractivity contribution in [2.24, 2.45) is 5.73 Å². The van der Waals surface area contributed by atoms with Gasteiger partial charge in [-0.25, -0.2) is 9.36 Å². The maximum Gasteiger partial charge on any atom is 0.459 e. The lowest BCUT2D eigenvalue weighted by molar-refractivity contribution is -0.149. The topological polar surface area (TPSA) is 190 Å². The number of nitrogens with zero attached hydrogens (tertiary/aromatic N) is 2. The number of esters is 1. The summed E-state index contributed by atoms with van der Waals surface area (Å²) in [4.78, 5) is 28.3. The third-order valence-corrected chi connectivity index (χ3v) is 7.01. The number of hydrogen-bond acceptors (Lipinski definition) is 11. The van der Waals surface area contributed by atoms with E-state index in [1.54, 1.807) is 44.2 Å². The van der Waals surface area contributed by atoms with Crippen LogP contribution in [0.3, 0.4) is 0 Å². The van der Waals surface area contributed by atoms with Crippen molar-refractivity contribution in [3.63, 3.8) is 0 Å². The van der Waals surface area contributed by atoms with Crippen LogP contribution < -0.4 is 26.8 Å². The van der Waals surface area contributed by atoms with Crippen molar-refractivity contribution in [1.82, 2.24) is 14.6 Å². The summed E-state index contributed by atoms with van der Waals surface area (Å²) in [5, 5.41) is 13.4. The molecule has 1 aromatic heterocycles. The lowest BCUT2D eigenvalue weighted by Gasteiger charge is -2.28. The van der Waals surface area contributed by atoms with E-state index in [9.17, 15) is 19.3 Å². The predicted molar refractivity (Wildman–Crippen MR) is 130 cm³/mol. The van der Waals surface area contributed by atoms with Gasteiger partial charge in [0.25, 0.3) is 0 Å². The molecule has 0 radical (unpaired) electrons. The van der Waals surface area contributed by atoms with Crippen molar-refractivity contribution >= 4 is 19.5 Å². The van der Waals surface area contributed by atoms with E-state index in [2.05, 4.69) is 10.1 Å². The summed E-state index contributed by atoms with van der Waals surface area (Å²) >= 11 is 0. The van der Waals surface area contributed by atoms with E-state index in [1.807, 2.05) is 0 Å². The zero-order valence-corrected chi connectivity index (χ0v) is 21.3. The summed E-state index contributed by atoms with van der Waals surface area (Å²) in [6, 6.07) is 8.54. The largest absolute Gasteiger partial charge is 0.462 e. The van der Waals surface area contributed by atoms with Crippen LogP contribution in [-0.2, 0) is 23.4 Å². The molecule has 1 aromatic carbocycles. The number of carbonyl (C=O) groups is 1. The van der Waals surface area contributed by atoms with E-state index in [1.165, 1.54) is 26.1 Å². The number of hydrogen-bond donors (Lipinski definition) is 4. The molecule has 0 saturated carbocycles. The van der Waals surface area contributed by atoms with Crippen LogP contribution in [0.4, 0.5) is 5.82 Å². The highest BCUT2D eigenvalue weighted by molar-refractivity contribution is 7.52. The maximum absolute atomic E-state index is 13.6. The standard InChI is InChI=1S/C22H32N5O8P/c1-13(2)33-19(29)14(3)26-36(31,35-15-8-6-5-7-9-15)32-12-16-18(28)22(4,24)20(34-16)27-11-10-17(23)25-21(27)30/h5-11,13-14,16,18,20,28H,12,24H2,1-4H3,(H,26,31)(H2,23,25,30)/t14?,16?,18-,20?,22-,36?/m1/s1. The molecule has 3 rings (SSSR count). The van der Waals surface area contributed by atoms with Gasteiger partial charge in [-0.1, -0.05) is 18.2 Å². The minimum Gasteiger partial charge on any atom is -0.462 e. The molecule has 0 spiro atoms. The highest BCUT2D eigenvalue weighted by Crippen LogP contribution is 2.46. The zero-order valence-electron chi connectivity index (χ0n) is 20.4. The second kappa shape index (κ2) is 11.1. The number of anilines is 1. The Morgan fingerprint density at radius 2 is 1.97 bits per heavy atom. The number of nitrogen functional groups attached to an aromatic ring is 1. The van der Waals surface area contributed by atoms with E-state index in [0.29, 0.717) is 0 Å².